The van der Waals surface area contributed by atoms with Gasteiger partial charge in [0.1, 0.15) is 10.9 Å². The standard InChI is InChI=1S/C11H12ClNO/c1-7-5-9(6-10(12)13-7)11(3-4-11)8(2)14/h5-6H,3-4H2,1-2H3. The Bertz CT molecular complexity index is 376. The zero-order valence-electron chi connectivity index (χ0n) is 8.30. The Kier molecular flexibility index (Phi) is 2.11. The van der Waals surface area contributed by atoms with Gasteiger partial charge >= 0.3 is 0 Å². The van der Waals surface area contributed by atoms with Gasteiger partial charge in [0.25, 0.3) is 0 Å². The van der Waals surface area contributed by atoms with Crippen molar-refractivity contribution in [1.29, 1.82) is 0 Å². The van der Waals surface area contributed by atoms with Gasteiger partial charge in [-0.3, -0.25) is 4.79 Å². The molecular formula is C11H12ClNO. The van der Waals surface area contributed by atoms with E-state index in [4.69, 9.17) is 11.6 Å². The van der Waals surface area contributed by atoms with Crippen LogP contribution in [0.4, 0.5) is 0 Å². The van der Waals surface area contributed by atoms with Gasteiger partial charge in [0.05, 0.1) is 5.41 Å². The SMILES string of the molecule is CC(=O)C1(c2cc(C)nc(Cl)c2)CC1. The lowest BCUT2D eigenvalue weighted by molar-refractivity contribution is -0.119. The lowest BCUT2D eigenvalue weighted by Crippen LogP contribution is -2.17. The summed E-state index contributed by atoms with van der Waals surface area (Å²) in [5.74, 6) is 0.235. The van der Waals surface area contributed by atoms with E-state index in [1.54, 1.807) is 6.92 Å². The van der Waals surface area contributed by atoms with Crippen molar-refractivity contribution >= 4 is 17.4 Å². The zero-order chi connectivity index (χ0) is 10.3. The molecule has 14 heavy (non-hydrogen) atoms. The maximum absolute atomic E-state index is 11.5. The fourth-order valence-electron chi connectivity index (χ4n) is 1.87. The molecule has 2 rings (SSSR count). The van der Waals surface area contributed by atoms with Crippen molar-refractivity contribution < 1.29 is 4.79 Å². The van der Waals surface area contributed by atoms with Gasteiger partial charge in [0.15, 0.2) is 0 Å². The molecule has 0 unspecified atom stereocenters. The minimum Gasteiger partial charge on any atom is -0.299 e. The molecule has 0 spiro atoms. The highest BCUT2D eigenvalue weighted by Crippen LogP contribution is 2.49. The molecule has 0 atom stereocenters. The predicted octanol–water partition coefficient (Wildman–Crippen LogP) is 2.66. The molecule has 1 fully saturated rings. The molecule has 1 aromatic heterocycles. The zero-order valence-corrected chi connectivity index (χ0v) is 9.06. The molecule has 0 saturated heterocycles. The number of carbonyl (C=O) groups is 1. The molecule has 0 aliphatic heterocycles. The second-order valence-corrected chi connectivity index (χ2v) is 4.35. The molecule has 1 aliphatic carbocycles. The number of nitrogens with zero attached hydrogens (tertiary/aromatic N) is 1. The fraction of sp³-hybridized carbons (Fsp3) is 0.455. The number of carbonyl (C=O) groups excluding carboxylic acids is 1. The summed E-state index contributed by atoms with van der Waals surface area (Å²) in [4.78, 5) is 15.6. The Balaban J connectivity index is 2.47. The number of rotatable bonds is 2. The Morgan fingerprint density at radius 2 is 2.14 bits per heavy atom. The summed E-state index contributed by atoms with van der Waals surface area (Å²) in [6, 6.07) is 3.77. The first-order chi connectivity index (χ1) is 6.54. The number of aromatic nitrogens is 1. The normalized spacial score (nSPS) is 17.9. The van der Waals surface area contributed by atoms with Gasteiger partial charge in [-0.05, 0) is 44.4 Å². The van der Waals surface area contributed by atoms with E-state index in [2.05, 4.69) is 4.98 Å². The highest BCUT2D eigenvalue weighted by molar-refractivity contribution is 6.29. The monoisotopic (exact) mass is 209 g/mol. The Morgan fingerprint density at radius 3 is 2.57 bits per heavy atom. The highest BCUT2D eigenvalue weighted by atomic mass is 35.5. The topological polar surface area (TPSA) is 30.0 Å². The van der Waals surface area contributed by atoms with Crippen LogP contribution in [0.3, 0.4) is 0 Å². The van der Waals surface area contributed by atoms with Crippen LogP contribution in [0.15, 0.2) is 12.1 Å². The summed E-state index contributed by atoms with van der Waals surface area (Å²) in [5, 5.41) is 0.479. The van der Waals surface area contributed by atoms with Crippen LogP contribution in [-0.2, 0) is 10.2 Å². The first kappa shape index (κ1) is 9.66. The molecule has 1 heterocycles. The number of ketones is 1. The van der Waals surface area contributed by atoms with E-state index in [9.17, 15) is 4.79 Å². The maximum Gasteiger partial charge on any atom is 0.140 e. The summed E-state index contributed by atoms with van der Waals surface area (Å²) in [6.45, 7) is 3.54. The molecule has 0 bridgehead atoms. The van der Waals surface area contributed by atoms with E-state index in [0.29, 0.717) is 5.15 Å². The van der Waals surface area contributed by atoms with E-state index in [1.165, 1.54) is 0 Å². The van der Waals surface area contributed by atoms with Gasteiger partial charge in [-0.15, -0.1) is 0 Å². The summed E-state index contributed by atoms with van der Waals surface area (Å²) in [5.41, 5.74) is 1.67. The van der Waals surface area contributed by atoms with Crippen molar-refractivity contribution in [3.8, 4) is 0 Å². The third-order valence-corrected chi connectivity index (χ3v) is 3.09. The smallest absolute Gasteiger partial charge is 0.140 e. The minimum absolute atomic E-state index is 0.235. The molecular weight excluding hydrogens is 198 g/mol. The predicted molar refractivity (Wildman–Crippen MR) is 55.6 cm³/mol. The molecule has 1 aromatic rings. The molecule has 0 N–H and O–H groups in total. The molecule has 0 aromatic carbocycles. The van der Waals surface area contributed by atoms with E-state index >= 15 is 0 Å². The van der Waals surface area contributed by atoms with Gasteiger partial charge in [0, 0.05) is 5.69 Å². The molecule has 74 valence electrons. The number of Topliss-reactive ketones (excluding diaryl/α,β-unsaturated/α-hetero) is 1. The number of aryl methyl sites for hydroxylation is 1. The molecule has 0 radical (unpaired) electrons. The van der Waals surface area contributed by atoms with Crippen LogP contribution in [0.2, 0.25) is 5.15 Å². The van der Waals surface area contributed by atoms with Crippen molar-refractivity contribution in [2.45, 2.75) is 32.1 Å². The first-order valence-electron chi connectivity index (χ1n) is 4.70. The van der Waals surface area contributed by atoms with Crippen molar-refractivity contribution in [2.24, 2.45) is 0 Å². The van der Waals surface area contributed by atoms with Gasteiger partial charge in [-0.1, -0.05) is 11.6 Å². The molecule has 3 heteroatoms. The van der Waals surface area contributed by atoms with Crippen molar-refractivity contribution in [1.82, 2.24) is 4.98 Å². The highest BCUT2D eigenvalue weighted by Gasteiger charge is 2.48. The largest absolute Gasteiger partial charge is 0.299 e. The van der Waals surface area contributed by atoms with Crippen molar-refractivity contribution in [3.63, 3.8) is 0 Å². The third kappa shape index (κ3) is 1.44. The number of halogens is 1. The van der Waals surface area contributed by atoms with Crippen LogP contribution in [0, 0.1) is 6.92 Å². The first-order valence-corrected chi connectivity index (χ1v) is 5.08. The molecule has 1 saturated carbocycles. The molecule has 1 aliphatic rings. The lowest BCUT2D eigenvalue weighted by atomic mass is 9.92. The number of hydrogen-bond donors (Lipinski definition) is 0. The van der Waals surface area contributed by atoms with Crippen LogP contribution in [0.5, 0.6) is 0 Å². The summed E-state index contributed by atoms with van der Waals surface area (Å²) >= 11 is 5.87. The molecule has 2 nitrogen and oxygen atoms in total. The maximum atomic E-state index is 11.5. The van der Waals surface area contributed by atoms with E-state index in [-0.39, 0.29) is 11.2 Å². The Labute approximate surface area is 88.3 Å². The van der Waals surface area contributed by atoms with Crippen LogP contribution in [-0.4, -0.2) is 10.8 Å². The summed E-state index contributed by atoms with van der Waals surface area (Å²) < 4.78 is 0. The van der Waals surface area contributed by atoms with Gasteiger partial charge in [-0.2, -0.15) is 0 Å². The van der Waals surface area contributed by atoms with Gasteiger partial charge < -0.3 is 0 Å². The van der Waals surface area contributed by atoms with E-state index < -0.39 is 0 Å². The average Bonchev–Trinajstić information content (AvgIpc) is 2.81. The van der Waals surface area contributed by atoms with Gasteiger partial charge in [0.2, 0.25) is 0 Å². The van der Waals surface area contributed by atoms with Crippen molar-refractivity contribution in [3.05, 3.63) is 28.5 Å². The van der Waals surface area contributed by atoms with Crippen LogP contribution in [0.25, 0.3) is 0 Å². The van der Waals surface area contributed by atoms with Gasteiger partial charge in [-0.25, -0.2) is 4.98 Å². The third-order valence-electron chi connectivity index (χ3n) is 2.90. The number of hydrogen-bond acceptors (Lipinski definition) is 2. The van der Waals surface area contributed by atoms with Crippen LogP contribution < -0.4 is 0 Å². The quantitative estimate of drug-likeness (QED) is 0.701. The summed E-state index contributed by atoms with van der Waals surface area (Å²) in [7, 11) is 0. The summed E-state index contributed by atoms with van der Waals surface area (Å²) in [6.07, 6.45) is 1.89. The van der Waals surface area contributed by atoms with E-state index in [0.717, 1.165) is 24.1 Å². The second-order valence-electron chi connectivity index (χ2n) is 3.96. The van der Waals surface area contributed by atoms with Crippen LogP contribution in [0.1, 0.15) is 31.0 Å². The Morgan fingerprint density at radius 1 is 1.50 bits per heavy atom. The average molecular weight is 210 g/mol. The van der Waals surface area contributed by atoms with E-state index in [1.807, 2.05) is 19.1 Å². The van der Waals surface area contributed by atoms with Crippen LogP contribution >= 0.6 is 11.6 Å². The lowest BCUT2D eigenvalue weighted by Gasteiger charge is -2.12. The fourth-order valence-corrected chi connectivity index (χ4v) is 2.12. The molecule has 0 amide bonds. The second kappa shape index (κ2) is 3.06. The van der Waals surface area contributed by atoms with Crippen molar-refractivity contribution in [2.75, 3.05) is 0 Å². The Hall–Kier alpha value is -0.890. The number of pyridine rings is 1. The minimum atomic E-state index is -0.239.